The number of rotatable bonds is 20. The minimum atomic E-state index is 0.461. The molecular formula is C28H54N2. The van der Waals surface area contributed by atoms with Gasteiger partial charge in [0.1, 0.15) is 0 Å². The lowest BCUT2D eigenvalue weighted by Gasteiger charge is -2.25. The van der Waals surface area contributed by atoms with E-state index < -0.39 is 0 Å². The fourth-order valence-corrected chi connectivity index (χ4v) is 4.60. The minimum Gasteiger partial charge on any atom is -0.292 e. The van der Waals surface area contributed by atoms with Crippen LogP contribution in [0.25, 0.3) is 0 Å². The van der Waals surface area contributed by atoms with E-state index in [1.807, 2.05) is 0 Å². The van der Waals surface area contributed by atoms with E-state index in [1.165, 1.54) is 141 Å². The summed E-state index contributed by atoms with van der Waals surface area (Å²) in [6.45, 7) is 4.58. The Hall–Kier alpha value is -0.660. The van der Waals surface area contributed by atoms with Gasteiger partial charge in [-0.1, -0.05) is 117 Å². The third-order valence-corrected chi connectivity index (χ3v) is 6.66. The van der Waals surface area contributed by atoms with Gasteiger partial charge < -0.3 is 0 Å². The molecule has 0 N–H and O–H groups in total. The molecule has 0 saturated heterocycles. The summed E-state index contributed by atoms with van der Waals surface area (Å²) in [6, 6.07) is 0.921. The highest BCUT2D eigenvalue weighted by Gasteiger charge is 2.22. The molecule has 1 aliphatic rings. The van der Waals surface area contributed by atoms with Crippen molar-refractivity contribution in [3.63, 3.8) is 0 Å². The van der Waals surface area contributed by atoms with Crippen LogP contribution in [0.1, 0.15) is 155 Å². The summed E-state index contributed by atoms with van der Waals surface area (Å²) < 4.78 is 0. The third kappa shape index (κ3) is 16.1. The van der Waals surface area contributed by atoms with Crippen LogP contribution in [0.3, 0.4) is 0 Å². The Kier molecular flexibility index (Phi) is 19.7. The Morgan fingerprint density at radius 2 is 0.833 bits per heavy atom. The molecule has 0 amide bonds. The summed E-state index contributed by atoms with van der Waals surface area (Å²) in [6.07, 6.45) is 34.3. The Morgan fingerprint density at radius 1 is 0.500 bits per heavy atom. The molecule has 1 aliphatic carbocycles. The molecule has 2 atom stereocenters. The zero-order chi connectivity index (χ0) is 21.5. The predicted molar refractivity (Wildman–Crippen MR) is 137 cm³/mol. The topological polar surface area (TPSA) is 24.7 Å². The maximum absolute atomic E-state index is 4.95. The van der Waals surface area contributed by atoms with Crippen molar-refractivity contribution in [3.05, 3.63) is 0 Å². The van der Waals surface area contributed by atoms with E-state index in [0.29, 0.717) is 12.1 Å². The summed E-state index contributed by atoms with van der Waals surface area (Å²) in [4.78, 5) is 9.90. The first-order valence-electron chi connectivity index (χ1n) is 13.9. The molecular weight excluding hydrogens is 364 g/mol. The number of aliphatic imine (C=N–C) groups is 2. The van der Waals surface area contributed by atoms with Gasteiger partial charge in [0.2, 0.25) is 0 Å². The van der Waals surface area contributed by atoms with Gasteiger partial charge in [0, 0.05) is 0 Å². The number of hydrogen-bond donors (Lipinski definition) is 0. The van der Waals surface area contributed by atoms with Gasteiger partial charge in [0.15, 0.2) is 0 Å². The molecule has 0 spiro atoms. The Balaban J connectivity index is 2.06. The molecule has 1 rings (SSSR count). The summed E-state index contributed by atoms with van der Waals surface area (Å²) in [5.41, 5.74) is 0. The number of hydrogen-bond acceptors (Lipinski definition) is 2. The summed E-state index contributed by atoms with van der Waals surface area (Å²) in [5.74, 6) is 0. The van der Waals surface area contributed by atoms with Gasteiger partial charge in [-0.15, -0.1) is 0 Å². The van der Waals surface area contributed by atoms with Gasteiger partial charge in [-0.25, -0.2) is 0 Å². The molecule has 30 heavy (non-hydrogen) atoms. The lowest BCUT2D eigenvalue weighted by atomic mass is 9.91. The zero-order valence-corrected chi connectivity index (χ0v) is 20.8. The molecule has 0 aromatic carbocycles. The monoisotopic (exact) mass is 418 g/mol. The van der Waals surface area contributed by atoms with E-state index in [4.69, 9.17) is 9.98 Å². The van der Waals surface area contributed by atoms with Crippen LogP contribution in [0.5, 0.6) is 0 Å². The van der Waals surface area contributed by atoms with E-state index in [2.05, 4.69) is 26.3 Å². The molecule has 0 aromatic heterocycles. The lowest BCUT2D eigenvalue weighted by Crippen LogP contribution is -2.27. The Morgan fingerprint density at radius 3 is 1.20 bits per heavy atom. The molecule has 0 heterocycles. The van der Waals surface area contributed by atoms with Crippen molar-refractivity contribution in [2.45, 2.75) is 167 Å². The SMILES string of the molecule is CCCCCCCCCCC=NC1CCCCC1N=CCCCCCCCCCC. The quantitative estimate of drug-likeness (QED) is 0.139. The highest BCUT2D eigenvalue weighted by atomic mass is 14.9. The van der Waals surface area contributed by atoms with Crippen molar-refractivity contribution < 1.29 is 0 Å². The first kappa shape index (κ1) is 27.4. The van der Waals surface area contributed by atoms with Gasteiger partial charge in [-0.2, -0.15) is 0 Å². The molecule has 0 radical (unpaired) electrons. The van der Waals surface area contributed by atoms with E-state index in [1.54, 1.807) is 0 Å². The van der Waals surface area contributed by atoms with Gasteiger partial charge in [-0.05, 0) is 51.0 Å². The zero-order valence-electron chi connectivity index (χ0n) is 20.8. The molecule has 0 aliphatic heterocycles. The molecule has 1 saturated carbocycles. The second kappa shape index (κ2) is 21.6. The normalized spacial score (nSPS) is 19.9. The predicted octanol–water partition coefficient (Wildman–Crippen LogP) is 9.50. The average Bonchev–Trinajstić information content (AvgIpc) is 2.77. The molecule has 2 nitrogen and oxygen atoms in total. The van der Waals surface area contributed by atoms with Crippen LogP contribution in [0.2, 0.25) is 0 Å². The molecule has 2 unspecified atom stereocenters. The molecule has 176 valence electrons. The average molecular weight is 419 g/mol. The first-order valence-corrected chi connectivity index (χ1v) is 13.9. The highest BCUT2D eigenvalue weighted by molar-refractivity contribution is 5.58. The second-order valence-corrected chi connectivity index (χ2v) is 9.61. The van der Waals surface area contributed by atoms with Crippen molar-refractivity contribution in [2.24, 2.45) is 9.98 Å². The maximum Gasteiger partial charge on any atom is 0.0718 e. The van der Waals surface area contributed by atoms with Crippen molar-refractivity contribution in [1.29, 1.82) is 0 Å². The summed E-state index contributed by atoms with van der Waals surface area (Å²) in [5, 5.41) is 0. The first-order chi connectivity index (χ1) is 14.9. The number of nitrogens with zero attached hydrogens (tertiary/aromatic N) is 2. The van der Waals surface area contributed by atoms with Gasteiger partial charge in [0.25, 0.3) is 0 Å². The maximum atomic E-state index is 4.95. The van der Waals surface area contributed by atoms with Crippen LogP contribution in [0.4, 0.5) is 0 Å². The minimum absolute atomic E-state index is 0.461. The highest BCUT2D eigenvalue weighted by Crippen LogP contribution is 2.24. The lowest BCUT2D eigenvalue weighted by molar-refractivity contribution is 0.389. The van der Waals surface area contributed by atoms with Crippen LogP contribution in [-0.4, -0.2) is 24.5 Å². The fourth-order valence-electron chi connectivity index (χ4n) is 4.60. The Bertz CT molecular complexity index is 363. The van der Waals surface area contributed by atoms with Gasteiger partial charge in [0.05, 0.1) is 12.1 Å². The second-order valence-electron chi connectivity index (χ2n) is 9.61. The van der Waals surface area contributed by atoms with Crippen molar-refractivity contribution in [2.75, 3.05) is 0 Å². The summed E-state index contributed by atoms with van der Waals surface area (Å²) >= 11 is 0. The third-order valence-electron chi connectivity index (χ3n) is 6.66. The van der Waals surface area contributed by atoms with Gasteiger partial charge in [-0.3, -0.25) is 9.98 Å². The van der Waals surface area contributed by atoms with E-state index in [-0.39, 0.29) is 0 Å². The largest absolute Gasteiger partial charge is 0.292 e. The number of unbranched alkanes of at least 4 members (excludes halogenated alkanes) is 16. The van der Waals surface area contributed by atoms with Crippen LogP contribution in [0, 0.1) is 0 Å². The fraction of sp³-hybridized carbons (Fsp3) is 0.929. The van der Waals surface area contributed by atoms with Crippen LogP contribution in [0.15, 0.2) is 9.98 Å². The standard InChI is InChI=1S/C28H54N2/c1-3-5-7-9-11-13-15-17-21-25-29-27-23-19-20-24-28(27)30-26-22-18-16-14-12-10-8-6-4-2/h25-28H,3-24H2,1-2H3. The van der Waals surface area contributed by atoms with Gasteiger partial charge >= 0.3 is 0 Å². The van der Waals surface area contributed by atoms with E-state index in [0.717, 1.165) is 0 Å². The summed E-state index contributed by atoms with van der Waals surface area (Å²) in [7, 11) is 0. The van der Waals surface area contributed by atoms with E-state index in [9.17, 15) is 0 Å². The molecule has 1 fully saturated rings. The van der Waals surface area contributed by atoms with E-state index >= 15 is 0 Å². The molecule has 2 heteroatoms. The van der Waals surface area contributed by atoms with Crippen LogP contribution >= 0.6 is 0 Å². The van der Waals surface area contributed by atoms with Crippen molar-refractivity contribution >= 4 is 12.4 Å². The Labute approximate surface area is 189 Å². The van der Waals surface area contributed by atoms with Crippen molar-refractivity contribution in [3.8, 4) is 0 Å². The smallest absolute Gasteiger partial charge is 0.0718 e. The van der Waals surface area contributed by atoms with Crippen molar-refractivity contribution in [1.82, 2.24) is 0 Å². The van der Waals surface area contributed by atoms with Crippen LogP contribution < -0.4 is 0 Å². The molecule has 0 bridgehead atoms. The molecule has 0 aromatic rings. The van der Waals surface area contributed by atoms with Crippen LogP contribution in [-0.2, 0) is 0 Å².